The Kier molecular flexibility index (Phi) is 6.91. The van der Waals surface area contributed by atoms with Gasteiger partial charge in [-0.1, -0.05) is 16.4 Å². The maximum absolute atomic E-state index is 15.1. The van der Waals surface area contributed by atoms with E-state index in [-0.39, 0.29) is 25.2 Å². The minimum absolute atomic E-state index is 0.116. The first-order valence-electron chi connectivity index (χ1n) is 12.6. The normalized spacial score (nSPS) is 14.3. The molecule has 0 saturated carbocycles. The summed E-state index contributed by atoms with van der Waals surface area (Å²) in [6.07, 6.45) is 1.46. The van der Waals surface area contributed by atoms with Gasteiger partial charge >= 0.3 is 0 Å². The zero-order valence-corrected chi connectivity index (χ0v) is 21.3. The van der Waals surface area contributed by atoms with Crippen LogP contribution in [0.15, 0.2) is 63.8 Å². The molecule has 2 aliphatic heterocycles. The van der Waals surface area contributed by atoms with Gasteiger partial charge in [0.15, 0.2) is 23.1 Å². The van der Waals surface area contributed by atoms with Crippen molar-refractivity contribution in [2.24, 2.45) is 0 Å². The van der Waals surface area contributed by atoms with Crippen LogP contribution in [0.4, 0.5) is 15.9 Å². The van der Waals surface area contributed by atoms with Gasteiger partial charge in [0.05, 0.1) is 18.8 Å². The van der Waals surface area contributed by atoms with Gasteiger partial charge in [0.2, 0.25) is 12.7 Å². The molecule has 2 aromatic heterocycles. The maximum Gasteiger partial charge on any atom is 0.251 e. The first kappa shape index (κ1) is 25.2. The molecule has 0 spiro atoms. The van der Waals surface area contributed by atoms with Crippen molar-refractivity contribution in [1.82, 2.24) is 20.5 Å². The fourth-order valence-corrected chi connectivity index (χ4v) is 4.54. The summed E-state index contributed by atoms with van der Waals surface area (Å²) in [6, 6.07) is 13.2. The second-order valence-corrected chi connectivity index (χ2v) is 9.20. The number of rotatable bonds is 8. The summed E-state index contributed by atoms with van der Waals surface area (Å²) < 4.78 is 35.7. The van der Waals surface area contributed by atoms with E-state index >= 15 is 4.39 Å². The first-order chi connectivity index (χ1) is 19.5. The highest BCUT2D eigenvalue weighted by Crippen LogP contribution is 2.32. The maximum atomic E-state index is 15.1. The second kappa shape index (κ2) is 11.0. The van der Waals surface area contributed by atoms with Gasteiger partial charge in [-0.15, -0.1) is 0 Å². The van der Waals surface area contributed by atoms with E-state index in [2.05, 4.69) is 20.9 Å². The van der Waals surface area contributed by atoms with E-state index in [1.165, 1.54) is 12.3 Å². The van der Waals surface area contributed by atoms with Crippen molar-refractivity contribution in [1.29, 1.82) is 0 Å². The van der Waals surface area contributed by atoms with Crippen molar-refractivity contribution in [3.63, 3.8) is 0 Å². The lowest BCUT2D eigenvalue weighted by Gasteiger charge is -2.36. The van der Waals surface area contributed by atoms with E-state index in [0.717, 1.165) is 0 Å². The highest BCUT2D eigenvalue weighted by atomic mass is 19.1. The van der Waals surface area contributed by atoms with Crippen molar-refractivity contribution in [2.45, 2.75) is 6.54 Å². The number of anilines is 2. The van der Waals surface area contributed by atoms with Crippen LogP contribution in [0.25, 0.3) is 11.3 Å². The number of aromatic nitrogens is 2. The van der Waals surface area contributed by atoms with E-state index < -0.39 is 5.82 Å². The number of hydrogen-bond acceptors (Lipinski definition) is 10. The summed E-state index contributed by atoms with van der Waals surface area (Å²) in [5, 5.41) is 13.5. The molecule has 1 fully saturated rings. The topological polar surface area (TPSA) is 135 Å². The van der Waals surface area contributed by atoms with Crippen LogP contribution in [-0.4, -0.2) is 66.5 Å². The average molecular weight is 549 g/mol. The monoisotopic (exact) mass is 548 g/mol. The van der Waals surface area contributed by atoms with Crippen LogP contribution in [0.5, 0.6) is 11.5 Å². The molecule has 1 saturated heterocycles. The molecule has 13 heteroatoms. The smallest absolute Gasteiger partial charge is 0.251 e. The largest absolute Gasteiger partial charge is 0.454 e. The molecule has 4 aromatic rings. The molecule has 0 aliphatic carbocycles. The number of piperazine rings is 1. The number of halogens is 1. The molecule has 2 amide bonds. The third kappa shape index (κ3) is 5.39. The third-order valence-electron chi connectivity index (χ3n) is 6.69. The van der Waals surface area contributed by atoms with Crippen LogP contribution in [0.3, 0.4) is 0 Å². The summed E-state index contributed by atoms with van der Waals surface area (Å²) in [7, 11) is 0. The van der Waals surface area contributed by atoms with E-state index in [1.54, 1.807) is 47.4 Å². The van der Waals surface area contributed by atoms with Crippen LogP contribution in [0.2, 0.25) is 0 Å². The lowest BCUT2D eigenvalue weighted by molar-refractivity contribution is -0.130. The second-order valence-electron chi connectivity index (χ2n) is 9.20. The average Bonchev–Trinajstić information content (AvgIpc) is 3.76. The van der Waals surface area contributed by atoms with Gasteiger partial charge in [0.25, 0.3) is 5.91 Å². The van der Waals surface area contributed by atoms with E-state index in [0.29, 0.717) is 78.3 Å². The molecule has 0 atom stereocenters. The van der Waals surface area contributed by atoms with Gasteiger partial charge in [-0.3, -0.25) is 9.59 Å². The number of hydrogen-bond donors (Lipinski definition) is 2. The zero-order chi connectivity index (χ0) is 27.5. The van der Waals surface area contributed by atoms with Crippen molar-refractivity contribution in [3.05, 3.63) is 71.9 Å². The molecule has 6 rings (SSSR count). The molecule has 4 heterocycles. The number of nitrogens with zero attached hydrogens (tertiary/aromatic N) is 4. The predicted octanol–water partition coefficient (Wildman–Crippen LogP) is 2.89. The van der Waals surface area contributed by atoms with Crippen LogP contribution < -0.4 is 25.0 Å². The first-order valence-corrected chi connectivity index (χ1v) is 12.6. The standard InChI is InChI=1S/C27H25FN6O6/c28-20-11-17(21-13-19(40-31-21)14-29-25-5-10-39-32-25)1-3-22(20)33-6-8-34(9-7-33)26(35)15-30-27(36)18-2-4-23-24(12-18)38-16-37-23/h1-5,10-13H,6-9,14-16H2,(H,29,32)(H,30,36). The van der Waals surface area contributed by atoms with Crippen molar-refractivity contribution in [3.8, 4) is 22.8 Å². The summed E-state index contributed by atoms with van der Waals surface area (Å²) >= 11 is 0. The molecular formula is C27H25FN6O6. The van der Waals surface area contributed by atoms with Crippen LogP contribution in [0, 0.1) is 5.82 Å². The number of carbonyl (C=O) groups excluding carboxylic acids is 2. The third-order valence-corrected chi connectivity index (χ3v) is 6.69. The van der Waals surface area contributed by atoms with E-state index in [4.69, 9.17) is 18.5 Å². The minimum atomic E-state index is -0.390. The highest BCUT2D eigenvalue weighted by Gasteiger charge is 2.24. The molecule has 0 radical (unpaired) electrons. The number of carbonyl (C=O) groups is 2. The Morgan fingerprint density at radius 1 is 0.950 bits per heavy atom. The predicted molar refractivity (Wildman–Crippen MR) is 139 cm³/mol. The molecule has 206 valence electrons. The summed E-state index contributed by atoms with van der Waals surface area (Å²) in [5.74, 6) is 1.24. The molecule has 2 aliphatic rings. The van der Waals surface area contributed by atoms with Crippen LogP contribution >= 0.6 is 0 Å². The van der Waals surface area contributed by atoms with E-state index in [9.17, 15) is 9.59 Å². The Morgan fingerprint density at radius 2 is 1.80 bits per heavy atom. The van der Waals surface area contributed by atoms with Gasteiger partial charge in [0.1, 0.15) is 17.8 Å². The molecule has 0 bridgehead atoms. The molecule has 40 heavy (non-hydrogen) atoms. The quantitative estimate of drug-likeness (QED) is 0.338. The van der Waals surface area contributed by atoms with Gasteiger partial charge in [-0.05, 0) is 30.3 Å². The van der Waals surface area contributed by atoms with Gasteiger partial charge in [0, 0.05) is 49.4 Å². The molecule has 2 aromatic carbocycles. The van der Waals surface area contributed by atoms with Gasteiger partial charge in [-0.25, -0.2) is 4.39 Å². The summed E-state index contributed by atoms with van der Waals surface area (Å²) in [6.45, 7) is 2.07. The lowest BCUT2D eigenvalue weighted by atomic mass is 10.1. The molecular weight excluding hydrogens is 523 g/mol. The lowest BCUT2D eigenvalue weighted by Crippen LogP contribution is -2.51. The molecule has 2 N–H and O–H groups in total. The SMILES string of the molecule is O=C(NCC(=O)N1CCN(c2ccc(-c3cc(CNc4ccon4)on3)cc2F)CC1)c1ccc2c(c1)OCO2. The van der Waals surface area contributed by atoms with Crippen LogP contribution in [0.1, 0.15) is 16.1 Å². The molecule has 0 unspecified atom stereocenters. The number of nitrogens with one attached hydrogen (secondary N) is 2. The number of ether oxygens (including phenoxy) is 2. The Morgan fingerprint density at radius 3 is 2.60 bits per heavy atom. The Hall–Kier alpha value is -5.07. The fraction of sp³-hybridized carbons (Fsp3) is 0.259. The number of amides is 2. The fourth-order valence-electron chi connectivity index (χ4n) is 4.54. The van der Waals surface area contributed by atoms with Crippen molar-refractivity contribution in [2.75, 3.05) is 49.7 Å². The van der Waals surface area contributed by atoms with Crippen LogP contribution in [-0.2, 0) is 11.3 Å². The van der Waals surface area contributed by atoms with E-state index in [1.807, 2.05) is 4.90 Å². The van der Waals surface area contributed by atoms with Gasteiger partial charge in [-0.2, -0.15) is 0 Å². The minimum Gasteiger partial charge on any atom is -0.454 e. The zero-order valence-electron chi connectivity index (χ0n) is 21.3. The molecule has 12 nitrogen and oxygen atoms in total. The Labute approximate surface area is 227 Å². The van der Waals surface area contributed by atoms with Crippen molar-refractivity contribution >= 4 is 23.3 Å². The number of fused-ring (bicyclic) bond motifs is 1. The van der Waals surface area contributed by atoms with Crippen molar-refractivity contribution < 1.29 is 32.5 Å². The Balaban J connectivity index is 0.996. The summed E-state index contributed by atoms with van der Waals surface area (Å²) in [5.41, 5.74) is 1.93. The Bertz CT molecular complexity index is 1520. The van der Waals surface area contributed by atoms with Gasteiger partial charge < -0.3 is 39.0 Å². The number of benzene rings is 2. The highest BCUT2D eigenvalue weighted by molar-refractivity contribution is 5.97. The summed E-state index contributed by atoms with van der Waals surface area (Å²) in [4.78, 5) is 28.7.